The number of likely N-dealkylation sites (tertiary alicyclic amines) is 1. The summed E-state index contributed by atoms with van der Waals surface area (Å²) in [5, 5.41) is 1.62. The van der Waals surface area contributed by atoms with Crippen LogP contribution in [-0.4, -0.2) is 17.5 Å². The highest BCUT2D eigenvalue weighted by molar-refractivity contribution is 6.30. The van der Waals surface area contributed by atoms with Crippen LogP contribution in [0.3, 0.4) is 0 Å². The van der Waals surface area contributed by atoms with E-state index in [0.29, 0.717) is 6.04 Å². The lowest BCUT2D eigenvalue weighted by atomic mass is 10.0. The molecule has 1 aliphatic heterocycles. The molecule has 1 unspecified atom stereocenters. The van der Waals surface area contributed by atoms with E-state index in [0.717, 1.165) is 23.0 Å². The van der Waals surface area contributed by atoms with E-state index in [1.165, 1.54) is 43.4 Å². The van der Waals surface area contributed by atoms with Gasteiger partial charge in [0.2, 0.25) is 0 Å². The average molecular weight is 348 g/mol. The van der Waals surface area contributed by atoms with Gasteiger partial charge in [0.05, 0.1) is 0 Å². The van der Waals surface area contributed by atoms with Crippen LogP contribution in [0.2, 0.25) is 10.0 Å². The van der Waals surface area contributed by atoms with Gasteiger partial charge in [-0.15, -0.1) is 0 Å². The van der Waals surface area contributed by atoms with Crippen molar-refractivity contribution in [3.05, 3.63) is 69.7 Å². The topological polar surface area (TPSA) is 3.24 Å². The van der Waals surface area contributed by atoms with E-state index in [-0.39, 0.29) is 0 Å². The molecule has 1 saturated heterocycles. The van der Waals surface area contributed by atoms with Gasteiger partial charge < -0.3 is 0 Å². The Bertz CT molecular complexity index is 551. The van der Waals surface area contributed by atoms with Crippen molar-refractivity contribution in [2.45, 2.75) is 44.7 Å². The Kier molecular flexibility index (Phi) is 5.99. The minimum absolute atomic E-state index is 0.606. The minimum atomic E-state index is 0.606. The molecule has 23 heavy (non-hydrogen) atoms. The normalized spacial score (nSPS) is 19.5. The molecule has 1 nitrogen and oxygen atoms in total. The summed E-state index contributed by atoms with van der Waals surface area (Å²) in [4.78, 5) is 2.64. The van der Waals surface area contributed by atoms with Gasteiger partial charge in [0.15, 0.2) is 0 Å². The van der Waals surface area contributed by atoms with Gasteiger partial charge >= 0.3 is 0 Å². The molecule has 0 aliphatic carbocycles. The molecule has 2 aromatic carbocycles. The first-order valence-corrected chi connectivity index (χ1v) is 9.19. The minimum Gasteiger partial charge on any atom is -0.296 e. The molecule has 3 rings (SSSR count). The van der Waals surface area contributed by atoms with E-state index in [1.807, 2.05) is 24.3 Å². The third kappa shape index (κ3) is 4.97. The van der Waals surface area contributed by atoms with Gasteiger partial charge in [0, 0.05) is 22.6 Å². The van der Waals surface area contributed by atoms with Crippen molar-refractivity contribution >= 4 is 23.2 Å². The molecule has 2 aromatic rings. The molecule has 0 radical (unpaired) electrons. The van der Waals surface area contributed by atoms with Crippen molar-refractivity contribution in [1.29, 1.82) is 0 Å². The van der Waals surface area contributed by atoms with Crippen molar-refractivity contribution in [3.63, 3.8) is 0 Å². The van der Waals surface area contributed by atoms with Crippen LogP contribution < -0.4 is 0 Å². The number of hydrogen-bond acceptors (Lipinski definition) is 1. The average Bonchev–Trinajstić information content (AvgIpc) is 2.77. The molecule has 0 spiro atoms. The zero-order chi connectivity index (χ0) is 16.1. The number of nitrogens with zero attached hydrogens (tertiary/aromatic N) is 1. The first kappa shape index (κ1) is 16.8. The SMILES string of the molecule is Clc1ccc(CC2CCCCCN2Cc2ccc(Cl)cc2)cc1. The van der Waals surface area contributed by atoms with Crippen LogP contribution in [0.5, 0.6) is 0 Å². The van der Waals surface area contributed by atoms with Gasteiger partial charge in [0.25, 0.3) is 0 Å². The maximum atomic E-state index is 6.01. The zero-order valence-corrected chi connectivity index (χ0v) is 14.9. The van der Waals surface area contributed by atoms with Gasteiger partial charge in [-0.1, -0.05) is 60.3 Å². The molecular weight excluding hydrogens is 325 g/mol. The Morgan fingerprint density at radius 3 is 2.04 bits per heavy atom. The highest BCUT2D eigenvalue weighted by Crippen LogP contribution is 2.23. The second-order valence-electron chi connectivity index (χ2n) is 6.43. The summed E-state index contributed by atoms with van der Waals surface area (Å²) in [5.74, 6) is 0. The lowest BCUT2D eigenvalue weighted by molar-refractivity contribution is 0.189. The molecule has 1 atom stereocenters. The molecule has 0 amide bonds. The van der Waals surface area contributed by atoms with Gasteiger partial charge in [0.1, 0.15) is 0 Å². The van der Waals surface area contributed by atoms with Crippen molar-refractivity contribution in [1.82, 2.24) is 4.90 Å². The fourth-order valence-corrected chi connectivity index (χ4v) is 3.64. The number of halogens is 2. The predicted octanol–water partition coefficient (Wildman–Crippen LogP) is 5.98. The molecule has 1 fully saturated rings. The summed E-state index contributed by atoms with van der Waals surface area (Å²) in [6, 6.07) is 17.2. The molecule has 1 heterocycles. The standard InChI is InChI=1S/C20H23Cl2N/c21-18-9-5-16(6-10-18)14-20-4-2-1-3-13-23(20)15-17-7-11-19(22)12-8-17/h5-12,20H,1-4,13-15H2. The maximum absolute atomic E-state index is 6.01. The van der Waals surface area contributed by atoms with Crippen LogP contribution in [0.25, 0.3) is 0 Å². The van der Waals surface area contributed by atoms with E-state index >= 15 is 0 Å². The lowest BCUT2D eigenvalue weighted by Gasteiger charge is -2.30. The highest BCUT2D eigenvalue weighted by atomic mass is 35.5. The quantitative estimate of drug-likeness (QED) is 0.657. The second kappa shape index (κ2) is 8.19. The van der Waals surface area contributed by atoms with Gasteiger partial charge in [-0.25, -0.2) is 0 Å². The summed E-state index contributed by atoms with van der Waals surface area (Å²) >= 11 is 12.0. The smallest absolute Gasteiger partial charge is 0.0406 e. The summed E-state index contributed by atoms with van der Waals surface area (Å²) in [6.07, 6.45) is 6.34. The van der Waals surface area contributed by atoms with Gasteiger partial charge in [-0.3, -0.25) is 4.90 Å². The number of benzene rings is 2. The van der Waals surface area contributed by atoms with E-state index in [4.69, 9.17) is 23.2 Å². The monoisotopic (exact) mass is 347 g/mol. The van der Waals surface area contributed by atoms with Crippen LogP contribution in [0.4, 0.5) is 0 Å². The van der Waals surface area contributed by atoms with Crippen molar-refractivity contribution in [3.8, 4) is 0 Å². The van der Waals surface area contributed by atoms with Crippen LogP contribution in [0, 0.1) is 0 Å². The third-order valence-corrected chi connectivity index (χ3v) is 5.19. The number of rotatable bonds is 4. The molecular formula is C20H23Cl2N. The highest BCUT2D eigenvalue weighted by Gasteiger charge is 2.21. The Balaban J connectivity index is 1.71. The largest absolute Gasteiger partial charge is 0.296 e. The fraction of sp³-hybridized carbons (Fsp3) is 0.400. The van der Waals surface area contributed by atoms with Gasteiger partial charge in [-0.2, -0.15) is 0 Å². The Hall–Kier alpha value is -1.02. The van der Waals surface area contributed by atoms with Crippen molar-refractivity contribution < 1.29 is 0 Å². The summed E-state index contributed by atoms with van der Waals surface area (Å²) in [7, 11) is 0. The predicted molar refractivity (Wildman–Crippen MR) is 99.3 cm³/mol. The zero-order valence-electron chi connectivity index (χ0n) is 13.3. The van der Waals surface area contributed by atoms with Crippen molar-refractivity contribution in [2.24, 2.45) is 0 Å². The third-order valence-electron chi connectivity index (χ3n) is 4.68. The molecule has 0 N–H and O–H groups in total. The van der Waals surface area contributed by atoms with E-state index in [1.54, 1.807) is 0 Å². The Labute approximate surface area is 149 Å². The van der Waals surface area contributed by atoms with E-state index < -0.39 is 0 Å². The molecule has 0 aromatic heterocycles. The van der Waals surface area contributed by atoms with Crippen molar-refractivity contribution in [2.75, 3.05) is 6.54 Å². The van der Waals surface area contributed by atoms with E-state index in [9.17, 15) is 0 Å². The second-order valence-corrected chi connectivity index (χ2v) is 7.30. The molecule has 3 heteroatoms. The fourth-order valence-electron chi connectivity index (χ4n) is 3.39. The van der Waals surface area contributed by atoms with Crippen LogP contribution in [0.15, 0.2) is 48.5 Å². The van der Waals surface area contributed by atoms with Crippen LogP contribution >= 0.6 is 23.2 Å². The lowest BCUT2D eigenvalue weighted by Crippen LogP contribution is -2.35. The molecule has 0 bridgehead atoms. The van der Waals surface area contributed by atoms with Crippen LogP contribution in [0.1, 0.15) is 36.8 Å². The first-order chi connectivity index (χ1) is 11.2. The maximum Gasteiger partial charge on any atom is 0.0406 e. The number of hydrogen-bond donors (Lipinski definition) is 0. The first-order valence-electron chi connectivity index (χ1n) is 8.43. The molecule has 1 aliphatic rings. The Morgan fingerprint density at radius 2 is 1.39 bits per heavy atom. The summed E-state index contributed by atoms with van der Waals surface area (Å²) in [6.45, 7) is 2.19. The molecule has 0 saturated carbocycles. The summed E-state index contributed by atoms with van der Waals surface area (Å²) in [5.41, 5.74) is 2.72. The van der Waals surface area contributed by atoms with Gasteiger partial charge in [-0.05, 0) is 61.2 Å². The Morgan fingerprint density at radius 1 is 0.783 bits per heavy atom. The van der Waals surface area contributed by atoms with Crippen LogP contribution in [-0.2, 0) is 13.0 Å². The summed E-state index contributed by atoms with van der Waals surface area (Å²) < 4.78 is 0. The molecule has 122 valence electrons. The van der Waals surface area contributed by atoms with E-state index in [2.05, 4.69) is 29.2 Å².